The van der Waals surface area contributed by atoms with Crippen LogP contribution in [0.2, 0.25) is 0 Å². The van der Waals surface area contributed by atoms with Crippen molar-refractivity contribution >= 4 is 23.2 Å². The number of nitrogens with zero attached hydrogens (tertiary/aromatic N) is 1. The van der Waals surface area contributed by atoms with Gasteiger partial charge < -0.3 is 33.9 Å². The Balaban J connectivity index is 1.52. The van der Waals surface area contributed by atoms with Crippen LogP contribution in [0.3, 0.4) is 0 Å². The number of anilines is 2. The average molecular weight is 549 g/mol. The second-order valence-electron chi connectivity index (χ2n) is 9.15. The molecule has 2 amide bonds. The van der Waals surface area contributed by atoms with Crippen LogP contribution in [0.4, 0.5) is 11.4 Å². The molecule has 0 aromatic heterocycles. The first-order valence-corrected chi connectivity index (χ1v) is 13.5. The molecule has 1 N–H and O–H groups in total. The molecule has 0 spiro atoms. The third-order valence-corrected chi connectivity index (χ3v) is 6.20. The highest BCUT2D eigenvalue weighted by molar-refractivity contribution is 6.06. The average Bonchev–Trinajstić information content (AvgIpc) is 2.93. The molecule has 40 heavy (non-hydrogen) atoms. The molecule has 1 atom stereocenters. The topological polar surface area (TPSA) is 95.6 Å². The van der Waals surface area contributed by atoms with Crippen LogP contribution in [-0.4, -0.2) is 50.9 Å². The first kappa shape index (κ1) is 28.6. The Kier molecular flexibility index (Phi) is 9.37. The van der Waals surface area contributed by atoms with Gasteiger partial charge in [0.15, 0.2) is 17.6 Å². The van der Waals surface area contributed by atoms with Crippen molar-refractivity contribution in [3.63, 3.8) is 0 Å². The molecule has 9 heteroatoms. The van der Waals surface area contributed by atoms with Gasteiger partial charge in [-0.25, -0.2) is 0 Å². The molecular formula is C31H36N2O7. The van der Waals surface area contributed by atoms with Crippen molar-refractivity contribution < 1.29 is 33.3 Å². The summed E-state index contributed by atoms with van der Waals surface area (Å²) in [6.45, 7) is 11.2. The van der Waals surface area contributed by atoms with Crippen molar-refractivity contribution in [2.24, 2.45) is 0 Å². The van der Waals surface area contributed by atoms with E-state index in [0.717, 1.165) is 11.3 Å². The van der Waals surface area contributed by atoms with Crippen LogP contribution in [-0.2, 0) is 4.79 Å². The number of aryl methyl sites for hydroxylation is 1. The van der Waals surface area contributed by atoms with E-state index in [0.29, 0.717) is 72.9 Å². The molecule has 0 saturated carbocycles. The van der Waals surface area contributed by atoms with Crippen molar-refractivity contribution in [3.8, 4) is 28.7 Å². The fourth-order valence-electron chi connectivity index (χ4n) is 4.33. The molecule has 212 valence electrons. The van der Waals surface area contributed by atoms with Crippen LogP contribution < -0.4 is 33.9 Å². The Morgan fingerprint density at radius 1 is 0.900 bits per heavy atom. The van der Waals surface area contributed by atoms with E-state index in [2.05, 4.69) is 5.32 Å². The summed E-state index contributed by atoms with van der Waals surface area (Å²) in [6.07, 6.45) is -0.675. The van der Waals surface area contributed by atoms with Crippen LogP contribution in [0.1, 0.15) is 43.6 Å². The van der Waals surface area contributed by atoms with Crippen LogP contribution >= 0.6 is 0 Å². The van der Waals surface area contributed by atoms with Crippen LogP contribution in [0.5, 0.6) is 28.7 Å². The molecule has 1 unspecified atom stereocenters. The molecule has 9 nitrogen and oxygen atoms in total. The van der Waals surface area contributed by atoms with Crippen molar-refractivity contribution in [2.75, 3.05) is 43.2 Å². The summed E-state index contributed by atoms with van der Waals surface area (Å²) in [5.74, 6) is 2.07. The maximum Gasteiger partial charge on any atom is 0.267 e. The number of carbonyl (C=O) groups is 2. The predicted octanol–water partition coefficient (Wildman–Crippen LogP) is 5.64. The standard InChI is InChI=1S/C31H36N2O7/c1-6-36-27-17-22(18-28(37-7-2)29(27)38-8-3)30(34)32-23-11-14-25-26(19-23)40-21(5)31(35)33(25)15-16-39-24-12-9-20(4)10-13-24/h9-14,17-19,21H,6-8,15-16H2,1-5H3,(H,32,34). The molecule has 1 aliphatic rings. The van der Waals surface area contributed by atoms with Crippen molar-refractivity contribution in [3.05, 3.63) is 65.7 Å². The fourth-order valence-corrected chi connectivity index (χ4v) is 4.33. The van der Waals surface area contributed by atoms with Gasteiger partial charge in [-0.1, -0.05) is 17.7 Å². The Morgan fingerprint density at radius 2 is 1.55 bits per heavy atom. The lowest BCUT2D eigenvalue weighted by molar-refractivity contribution is -0.125. The highest BCUT2D eigenvalue weighted by Gasteiger charge is 2.31. The maximum absolute atomic E-state index is 13.3. The lowest BCUT2D eigenvalue weighted by Crippen LogP contribution is -2.46. The summed E-state index contributed by atoms with van der Waals surface area (Å²) in [5, 5.41) is 2.91. The van der Waals surface area contributed by atoms with E-state index in [1.807, 2.05) is 52.0 Å². The minimum atomic E-state index is -0.675. The summed E-state index contributed by atoms with van der Waals surface area (Å²) in [4.78, 5) is 27.8. The lowest BCUT2D eigenvalue weighted by Gasteiger charge is -2.33. The second kappa shape index (κ2) is 13.1. The van der Waals surface area contributed by atoms with Gasteiger partial charge in [-0.3, -0.25) is 9.59 Å². The van der Waals surface area contributed by atoms with Gasteiger partial charge in [-0.2, -0.15) is 0 Å². The molecule has 0 radical (unpaired) electrons. The monoisotopic (exact) mass is 548 g/mol. The predicted molar refractivity (Wildman–Crippen MR) is 153 cm³/mol. The van der Waals surface area contributed by atoms with Crippen LogP contribution in [0.25, 0.3) is 0 Å². The summed E-state index contributed by atoms with van der Waals surface area (Å²) >= 11 is 0. The van der Waals surface area contributed by atoms with Gasteiger partial charge in [0.25, 0.3) is 11.8 Å². The summed E-state index contributed by atoms with van der Waals surface area (Å²) in [7, 11) is 0. The molecule has 3 aromatic carbocycles. The number of hydrogen-bond donors (Lipinski definition) is 1. The van der Waals surface area contributed by atoms with Gasteiger partial charge in [0.2, 0.25) is 5.75 Å². The molecule has 0 bridgehead atoms. The quantitative estimate of drug-likeness (QED) is 0.313. The Hall–Kier alpha value is -4.40. The number of hydrogen-bond acceptors (Lipinski definition) is 7. The molecule has 4 rings (SSSR count). The highest BCUT2D eigenvalue weighted by Crippen LogP contribution is 2.40. The zero-order valence-electron chi connectivity index (χ0n) is 23.6. The van der Waals surface area contributed by atoms with Crippen LogP contribution in [0, 0.1) is 6.92 Å². The van der Waals surface area contributed by atoms with E-state index < -0.39 is 6.10 Å². The third kappa shape index (κ3) is 6.59. The maximum atomic E-state index is 13.3. The first-order chi connectivity index (χ1) is 19.3. The number of nitrogens with one attached hydrogen (secondary N) is 1. The van der Waals surface area contributed by atoms with Crippen LogP contribution in [0.15, 0.2) is 54.6 Å². The van der Waals surface area contributed by atoms with Crippen molar-refractivity contribution in [1.82, 2.24) is 0 Å². The van der Waals surface area contributed by atoms with E-state index in [-0.39, 0.29) is 11.8 Å². The van der Waals surface area contributed by atoms with E-state index in [1.165, 1.54) is 0 Å². The van der Waals surface area contributed by atoms with Gasteiger partial charge in [-0.15, -0.1) is 0 Å². The molecule has 0 aliphatic carbocycles. The zero-order chi connectivity index (χ0) is 28.6. The molecule has 3 aromatic rings. The van der Waals surface area contributed by atoms with E-state index in [9.17, 15) is 9.59 Å². The Labute approximate surface area is 234 Å². The van der Waals surface area contributed by atoms with Gasteiger partial charge in [0.05, 0.1) is 32.1 Å². The van der Waals surface area contributed by atoms with Crippen molar-refractivity contribution in [2.45, 2.75) is 40.7 Å². The Morgan fingerprint density at radius 3 is 2.17 bits per heavy atom. The highest BCUT2D eigenvalue weighted by atomic mass is 16.5. The smallest absolute Gasteiger partial charge is 0.267 e. The number of ether oxygens (including phenoxy) is 5. The van der Waals surface area contributed by atoms with Gasteiger partial charge in [0, 0.05) is 17.3 Å². The lowest BCUT2D eigenvalue weighted by atomic mass is 10.1. The minimum absolute atomic E-state index is 0.155. The third-order valence-electron chi connectivity index (χ3n) is 6.20. The van der Waals surface area contributed by atoms with E-state index >= 15 is 0 Å². The van der Waals surface area contributed by atoms with E-state index in [1.54, 1.807) is 42.2 Å². The Bertz CT molecular complexity index is 1310. The number of benzene rings is 3. The van der Waals surface area contributed by atoms with Gasteiger partial charge in [-0.05, 0) is 71.0 Å². The molecule has 1 aliphatic heterocycles. The summed E-state index contributed by atoms with van der Waals surface area (Å²) in [6, 6.07) is 16.2. The van der Waals surface area contributed by atoms with Crippen molar-refractivity contribution in [1.29, 1.82) is 0 Å². The molecular weight excluding hydrogens is 512 g/mol. The molecule has 0 fully saturated rings. The normalized spacial score (nSPS) is 14.2. The van der Waals surface area contributed by atoms with Gasteiger partial charge in [0.1, 0.15) is 18.1 Å². The molecule has 1 heterocycles. The largest absolute Gasteiger partial charge is 0.492 e. The SMILES string of the molecule is CCOc1cc(C(=O)Nc2ccc3c(c2)OC(C)C(=O)N3CCOc2ccc(C)cc2)cc(OCC)c1OCC. The fraction of sp³-hybridized carbons (Fsp3) is 0.355. The summed E-state index contributed by atoms with van der Waals surface area (Å²) in [5.41, 5.74) is 2.64. The first-order valence-electron chi connectivity index (χ1n) is 13.5. The molecule has 0 saturated heterocycles. The minimum Gasteiger partial charge on any atom is -0.492 e. The second-order valence-corrected chi connectivity index (χ2v) is 9.15. The zero-order valence-corrected chi connectivity index (χ0v) is 23.6. The number of carbonyl (C=O) groups excluding carboxylic acids is 2. The summed E-state index contributed by atoms with van der Waals surface area (Å²) < 4.78 is 28.9. The number of rotatable bonds is 12. The van der Waals surface area contributed by atoms with E-state index in [4.69, 9.17) is 23.7 Å². The van der Waals surface area contributed by atoms with Gasteiger partial charge >= 0.3 is 0 Å². The number of amides is 2. The number of fused-ring (bicyclic) bond motifs is 1.